The van der Waals surface area contributed by atoms with Crippen LogP contribution in [0.4, 0.5) is 10.5 Å². The molecular weight excluding hydrogens is 402 g/mol. The van der Waals surface area contributed by atoms with Gasteiger partial charge in [-0.25, -0.2) is 14.6 Å². The number of para-hydroxylation sites is 2. The highest BCUT2D eigenvalue weighted by molar-refractivity contribution is 5.85. The lowest BCUT2D eigenvalue weighted by Crippen LogP contribution is -2.50. The standard InChI is InChI=1S/C21H23N5O5/c1-13(2)19(20(27)31-15-10-8-14(9-11-15)26(29)30)24-21(28)25(3)12-18-22-16-6-4-5-7-17(16)23-18/h4-11,13,19H,12H2,1-3H3,(H,22,23)(H,24,28). The number of benzene rings is 2. The summed E-state index contributed by atoms with van der Waals surface area (Å²) in [5.74, 6) is -0.122. The molecule has 0 saturated carbocycles. The number of ether oxygens (including phenoxy) is 1. The van der Waals surface area contributed by atoms with Gasteiger partial charge in [0.15, 0.2) is 0 Å². The number of aromatic amines is 1. The number of hydrogen-bond acceptors (Lipinski definition) is 6. The Morgan fingerprint density at radius 2 is 1.87 bits per heavy atom. The molecule has 10 heteroatoms. The van der Waals surface area contributed by atoms with E-state index in [4.69, 9.17) is 4.74 Å². The maximum absolute atomic E-state index is 12.6. The zero-order valence-corrected chi connectivity index (χ0v) is 17.4. The number of aromatic nitrogens is 2. The number of hydrogen-bond donors (Lipinski definition) is 2. The number of nitro groups is 1. The van der Waals surface area contributed by atoms with Crippen molar-refractivity contribution >= 4 is 28.7 Å². The van der Waals surface area contributed by atoms with Gasteiger partial charge in [-0.1, -0.05) is 26.0 Å². The lowest BCUT2D eigenvalue weighted by Gasteiger charge is -2.24. The Morgan fingerprint density at radius 3 is 2.48 bits per heavy atom. The average molecular weight is 425 g/mol. The summed E-state index contributed by atoms with van der Waals surface area (Å²) in [5, 5.41) is 13.4. The number of carbonyl (C=O) groups excluding carboxylic acids is 2. The summed E-state index contributed by atoms with van der Waals surface area (Å²) in [6, 6.07) is 11.3. The number of urea groups is 1. The number of non-ortho nitro benzene ring substituents is 1. The molecule has 10 nitrogen and oxygen atoms in total. The number of imidazole rings is 1. The summed E-state index contributed by atoms with van der Waals surface area (Å²) in [6.07, 6.45) is 0. The van der Waals surface area contributed by atoms with Crippen LogP contribution in [0.2, 0.25) is 0 Å². The van der Waals surface area contributed by atoms with Crippen LogP contribution in [0.1, 0.15) is 19.7 Å². The van der Waals surface area contributed by atoms with Gasteiger partial charge in [-0.05, 0) is 30.2 Å². The first kappa shape index (κ1) is 21.8. The molecule has 0 aliphatic rings. The van der Waals surface area contributed by atoms with Crippen molar-refractivity contribution < 1.29 is 19.2 Å². The van der Waals surface area contributed by atoms with Gasteiger partial charge in [0, 0.05) is 19.2 Å². The molecule has 1 heterocycles. The quantitative estimate of drug-likeness (QED) is 0.259. The molecule has 0 bridgehead atoms. The zero-order chi connectivity index (χ0) is 22.5. The van der Waals surface area contributed by atoms with Crippen LogP contribution >= 0.6 is 0 Å². The van der Waals surface area contributed by atoms with E-state index in [0.29, 0.717) is 5.82 Å². The normalized spacial score (nSPS) is 11.9. The third-order valence-electron chi connectivity index (χ3n) is 4.64. The number of H-pyrrole nitrogens is 1. The van der Waals surface area contributed by atoms with Crippen molar-refractivity contribution in [2.24, 2.45) is 5.92 Å². The summed E-state index contributed by atoms with van der Waals surface area (Å²) in [7, 11) is 1.60. The third kappa shape index (κ3) is 5.35. The lowest BCUT2D eigenvalue weighted by molar-refractivity contribution is -0.384. The fraction of sp³-hybridized carbons (Fsp3) is 0.286. The minimum atomic E-state index is -0.902. The molecule has 2 amide bonds. The Balaban J connectivity index is 1.62. The predicted octanol–water partition coefficient (Wildman–Crippen LogP) is 3.24. The first-order chi connectivity index (χ1) is 14.7. The Morgan fingerprint density at radius 1 is 1.19 bits per heavy atom. The first-order valence-electron chi connectivity index (χ1n) is 9.66. The molecule has 0 spiro atoms. The van der Waals surface area contributed by atoms with E-state index in [9.17, 15) is 19.7 Å². The van der Waals surface area contributed by atoms with Gasteiger partial charge in [0.25, 0.3) is 5.69 Å². The van der Waals surface area contributed by atoms with Crippen LogP contribution < -0.4 is 10.1 Å². The molecular formula is C21H23N5O5. The molecule has 1 unspecified atom stereocenters. The second kappa shape index (κ2) is 9.24. The third-order valence-corrected chi connectivity index (χ3v) is 4.64. The van der Waals surface area contributed by atoms with E-state index < -0.39 is 23.0 Å². The van der Waals surface area contributed by atoms with Crippen LogP contribution in [-0.2, 0) is 11.3 Å². The van der Waals surface area contributed by atoms with E-state index in [0.717, 1.165) is 11.0 Å². The smallest absolute Gasteiger partial charge is 0.334 e. The monoisotopic (exact) mass is 425 g/mol. The van der Waals surface area contributed by atoms with Crippen molar-refractivity contribution in [2.75, 3.05) is 7.05 Å². The van der Waals surface area contributed by atoms with Crippen LogP contribution in [0.15, 0.2) is 48.5 Å². The minimum Gasteiger partial charge on any atom is -0.425 e. The molecule has 0 aliphatic carbocycles. The van der Waals surface area contributed by atoms with Crippen LogP contribution in [0.25, 0.3) is 11.0 Å². The molecule has 162 valence electrons. The molecule has 0 fully saturated rings. The van der Waals surface area contributed by atoms with E-state index in [1.54, 1.807) is 20.9 Å². The number of fused-ring (bicyclic) bond motifs is 1. The number of amides is 2. The number of nitro benzene ring substituents is 1. The number of esters is 1. The molecule has 0 saturated heterocycles. The van der Waals surface area contributed by atoms with E-state index >= 15 is 0 Å². The van der Waals surface area contributed by atoms with Crippen molar-refractivity contribution in [3.05, 3.63) is 64.5 Å². The molecule has 0 aliphatic heterocycles. The maximum Gasteiger partial charge on any atom is 0.334 e. The van der Waals surface area contributed by atoms with E-state index in [2.05, 4.69) is 15.3 Å². The number of carbonyl (C=O) groups is 2. The SMILES string of the molecule is CC(C)C(NC(=O)N(C)Cc1nc2ccccc2[nH]1)C(=O)Oc1ccc([N+](=O)[O-])cc1. The lowest BCUT2D eigenvalue weighted by atomic mass is 10.1. The molecule has 1 atom stereocenters. The zero-order valence-electron chi connectivity index (χ0n) is 17.4. The summed E-state index contributed by atoms with van der Waals surface area (Å²) in [6.45, 7) is 3.78. The van der Waals surface area contributed by atoms with E-state index in [1.165, 1.54) is 29.2 Å². The highest BCUT2D eigenvalue weighted by Crippen LogP contribution is 2.19. The van der Waals surface area contributed by atoms with Crippen molar-refractivity contribution in [2.45, 2.75) is 26.4 Å². The van der Waals surface area contributed by atoms with Gasteiger partial charge < -0.3 is 19.9 Å². The molecule has 2 N–H and O–H groups in total. The van der Waals surface area contributed by atoms with Crippen LogP contribution in [-0.4, -0.2) is 44.9 Å². The largest absolute Gasteiger partial charge is 0.425 e. The molecule has 3 rings (SSSR count). The molecule has 0 radical (unpaired) electrons. The summed E-state index contributed by atoms with van der Waals surface area (Å²) in [4.78, 5) is 44.4. The van der Waals surface area contributed by atoms with Gasteiger partial charge >= 0.3 is 12.0 Å². The van der Waals surface area contributed by atoms with Crippen molar-refractivity contribution in [1.82, 2.24) is 20.2 Å². The number of rotatable bonds is 7. The van der Waals surface area contributed by atoms with E-state index in [-0.39, 0.29) is 23.9 Å². The first-order valence-corrected chi connectivity index (χ1v) is 9.66. The molecule has 3 aromatic rings. The van der Waals surface area contributed by atoms with Crippen LogP contribution in [0, 0.1) is 16.0 Å². The van der Waals surface area contributed by atoms with Crippen molar-refractivity contribution in [1.29, 1.82) is 0 Å². The maximum atomic E-state index is 12.6. The van der Waals surface area contributed by atoms with Gasteiger partial charge in [-0.15, -0.1) is 0 Å². The average Bonchev–Trinajstić information content (AvgIpc) is 3.14. The summed E-state index contributed by atoms with van der Waals surface area (Å²) < 4.78 is 5.30. The second-order valence-corrected chi connectivity index (χ2v) is 7.40. The highest BCUT2D eigenvalue weighted by Gasteiger charge is 2.28. The predicted molar refractivity (Wildman–Crippen MR) is 113 cm³/mol. The fourth-order valence-electron chi connectivity index (χ4n) is 2.93. The van der Waals surface area contributed by atoms with Gasteiger partial charge in [-0.2, -0.15) is 0 Å². The van der Waals surface area contributed by atoms with Gasteiger partial charge in [0.1, 0.15) is 17.6 Å². The van der Waals surface area contributed by atoms with E-state index in [1.807, 2.05) is 24.3 Å². The Hall–Kier alpha value is -3.95. The summed E-state index contributed by atoms with van der Waals surface area (Å²) >= 11 is 0. The van der Waals surface area contributed by atoms with Gasteiger partial charge in [0.05, 0.1) is 22.5 Å². The topological polar surface area (TPSA) is 130 Å². The molecule has 1 aromatic heterocycles. The van der Waals surface area contributed by atoms with Crippen molar-refractivity contribution in [3.63, 3.8) is 0 Å². The Labute approximate surface area is 178 Å². The minimum absolute atomic E-state index is 0.110. The number of nitrogens with zero attached hydrogens (tertiary/aromatic N) is 3. The molecule has 2 aromatic carbocycles. The second-order valence-electron chi connectivity index (χ2n) is 7.40. The Kier molecular flexibility index (Phi) is 6.49. The molecule has 31 heavy (non-hydrogen) atoms. The van der Waals surface area contributed by atoms with Gasteiger partial charge in [-0.3, -0.25) is 10.1 Å². The highest BCUT2D eigenvalue weighted by atomic mass is 16.6. The fourth-order valence-corrected chi connectivity index (χ4v) is 2.93. The van der Waals surface area contributed by atoms with Crippen LogP contribution in [0.5, 0.6) is 5.75 Å². The van der Waals surface area contributed by atoms with Crippen molar-refractivity contribution in [3.8, 4) is 5.75 Å². The number of nitrogens with one attached hydrogen (secondary N) is 2. The van der Waals surface area contributed by atoms with Crippen LogP contribution in [0.3, 0.4) is 0 Å². The Bertz CT molecular complexity index is 1060. The van der Waals surface area contributed by atoms with Gasteiger partial charge in [0.2, 0.25) is 0 Å². The summed E-state index contributed by atoms with van der Waals surface area (Å²) in [5.41, 5.74) is 1.57.